The first-order valence-electron chi connectivity index (χ1n) is 6.28. The van der Waals surface area contributed by atoms with Crippen LogP contribution in [0.15, 0.2) is 12.1 Å². The molecule has 2 rings (SSSR count). The number of ether oxygens (including phenoxy) is 1. The van der Waals surface area contributed by atoms with E-state index < -0.39 is 0 Å². The quantitative estimate of drug-likeness (QED) is 0.862. The second-order valence-electron chi connectivity index (χ2n) is 4.70. The van der Waals surface area contributed by atoms with E-state index in [4.69, 9.17) is 4.74 Å². The summed E-state index contributed by atoms with van der Waals surface area (Å²) in [7, 11) is 1.73. The van der Waals surface area contributed by atoms with Crippen LogP contribution in [0.5, 0.6) is 5.75 Å². The van der Waals surface area contributed by atoms with Crippen molar-refractivity contribution in [3.8, 4) is 5.75 Å². The van der Waals surface area contributed by atoms with Crippen LogP contribution >= 0.6 is 0 Å². The zero-order chi connectivity index (χ0) is 12.3. The van der Waals surface area contributed by atoms with Crippen LogP contribution in [0.2, 0.25) is 0 Å². The fourth-order valence-electron chi connectivity index (χ4n) is 2.35. The molecule has 0 saturated carbocycles. The Labute approximate surface area is 104 Å². The minimum absolute atomic E-state index is 0.992. The van der Waals surface area contributed by atoms with Gasteiger partial charge in [-0.25, -0.2) is 0 Å². The van der Waals surface area contributed by atoms with Gasteiger partial charge < -0.3 is 10.1 Å². The van der Waals surface area contributed by atoms with Crippen LogP contribution in [-0.2, 0) is 6.54 Å². The topological polar surface area (TPSA) is 24.5 Å². The SMILES string of the molecule is COc1ccc(CN2CCNCC2)c(C)c1C. The van der Waals surface area contributed by atoms with Crippen LogP contribution < -0.4 is 10.1 Å². The molecule has 0 spiro atoms. The van der Waals surface area contributed by atoms with Crippen LogP contribution in [0.25, 0.3) is 0 Å². The van der Waals surface area contributed by atoms with Gasteiger partial charge in [0.05, 0.1) is 7.11 Å². The Kier molecular flexibility index (Phi) is 4.02. The molecule has 3 heteroatoms. The van der Waals surface area contributed by atoms with E-state index in [1.54, 1.807) is 7.11 Å². The Bertz CT molecular complexity index is 384. The third kappa shape index (κ3) is 2.79. The van der Waals surface area contributed by atoms with E-state index in [9.17, 15) is 0 Å². The van der Waals surface area contributed by atoms with E-state index in [-0.39, 0.29) is 0 Å². The van der Waals surface area contributed by atoms with Crippen molar-refractivity contribution >= 4 is 0 Å². The monoisotopic (exact) mass is 234 g/mol. The molecule has 1 aliphatic rings. The Morgan fingerprint density at radius 2 is 1.88 bits per heavy atom. The summed E-state index contributed by atoms with van der Waals surface area (Å²) in [5, 5.41) is 3.38. The highest BCUT2D eigenvalue weighted by molar-refractivity contribution is 5.43. The fraction of sp³-hybridized carbons (Fsp3) is 0.571. The Hall–Kier alpha value is -1.06. The van der Waals surface area contributed by atoms with Gasteiger partial charge in [0.15, 0.2) is 0 Å². The Morgan fingerprint density at radius 3 is 2.53 bits per heavy atom. The molecule has 0 aromatic heterocycles. The van der Waals surface area contributed by atoms with Crippen molar-refractivity contribution in [2.45, 2.75) is 20.4 Å². The molecule has 1 aliphatic heterocycles. The number of hydrogen-bond donors (Lipinski definition) is 1. The highest BCUT2D eigenvalue weighted by Gasteiger charge is 2.13. The number of nitrogens with zero attached hydrogens (tertiary/aromatic N) is 1. The summed E-state index contributed by atoms with van der Waals surface area (Å²) in [6.45, 7) is 9.88. The van der Waals surface area contributed by atoms with Gasteiger partial charge in [-0.3, -0.25) is 4.90 Å². The van der Waals surface area contributed by atoms with Crippen molar-refractivity contribution < 1.29 is 4.74 Å². The molecule has 17 heavy (non-hydrogen) atoms. The summed E-state index contributed by atoms with van der Waals surface area (Å²) in [5.74, 6) is 0.992. The van der Waals surface area contributed by atoms with E-state index in [1.807, 2.05) is 0 Å². The van der Waals surface area contributed by atoms with Crippen LogP contribution in [-0.4, -0.2) is 38.2 Å². The standard InChI is InChI=1S/C14H22N2O/c1-11-12(2)14(17-3)5-4-13(11)10-16-8-6-15-7-9-16/h4-5,15H,6-10H2,1-3H3. The van der Waals surface area contributed by atoms with Gasteiger partial charge in [0.1, 0.15) is 5.75 Å². The van der Waals surface area contributed by atoms with Crippen molar-refractivity contribution in [3.63, 3.8) is 0 Å². The first-order valence-corrected chi connectivity index (χ1v) is 6.28. The second-order valence-corrected chi connectivity index (χ2v) is 4.70. The summed E-state index contributed by atoms with van der Waals surface area (Å²) < 4.78 is 5.35. The van der Waals surface area contributed by atoms with Gasteiger partial charge in [0.2, 0.25) is 0 Å². The van der Waals surface area contributed by atoms with Gasteiger partial charge in [0, 0.05) is 32.7 Å². The molecular weight excluding hydrogens is 212 g/mol. The molecule has 0 bridgehead atoms. The van der Waals surface area contributed by atoms with E-state index in [0.717, 1.165) is 38.5 Å². The number of methoxy groups -OCH3 is 1. The molecule has 3 nitrogen and oxygen atoms in total. The van der Waals surface area contributed by atoms with Crippen molar-refractivity contribution in [1.82, 2.24) is 10.2 Å². The molecule has 1 fully saturated rings. The smallest absolute Gasteiger partial charge is 0.122 e. The summed E-state index contributed by atoms with van der Waals surface area (Å²) in [6, 6.07) is 4.28. The molecule has 0 unspecified atom stereocenters. The van der Waals surface area contributed by atoms with Crippen molar-refractivity contribution in [3.05, 3.63) is 28.8 Å². The summed E-state index contributed by atoms with van der Waals surface area (Å²) in [6.07, 6.45) is 0. The molecule has 1 heterocycles. The molecule has 0 aliphatic carbocycles. The number of piperazine rings is 1. The maximum Gasteiger partial charge on any atom is 0.122 e. The largest absolute Gasteiger partial charge is 0.496 e. The molecule has 94 valence electrons. The molecule has 1 aromatic carbocycles. The van der Waals surface area contributed by atoms with Gasteiger partial charge >= 0.3 is 0 Å². The molecule has 0 radical (unpaired) electrons. The third-order valence-electron chi connectivity index (χ3n) is 3.67. The fourth-order valence-corrected chi connectivity index (χ4v) is 2.35. The average molecular weight is 234 g/mol. The van der Waals surface area contributed by atoms with Gasteiger partial charge in [-0.05, 0) is 36.6 Å². The van der Waals surface area contributed by atoms with Crippen molar-refractivity contribution in [2.75, 3.05) is 33.3 Å². The van der Waals surface area contributed by atoms with Crippen LogP contribution in [0.4, 0.5) is 0 Å². The predicted octanol–water partition coefficient (Wildman–Crippen LogP) is 1.72. The molecule has 1 saturated heterocycles. The van der Waals surface area contributed by atoms with Gasteiger partial charge in [0.25, 0.3) is 0 Å². The normalized spacial score (nSPS) is 17.1. The lowest BCUT2D eigenvalue weighted by Crippen LogP contribution is -2.43. The van der Waals surface area contributed by atoms with Crippen LogP contribution in [0.1, 0.15) is 16.7 Å². The number of benzene rings is 1. The van der Waals surface area contributed by atoms with Crippen molar-refractivity contribution in [2.24, 2.45) is 0 Å². The van der Waals surface area contributed by atoms with Gasteiger partial charge in [-0.2, -0.15) is 0 Å². The first-order chi connectivity index (χ1) is 8.22. The minimum Gasteiger partial charge on any atom is -0.496 e. The van der Waals surface area contributed by atoms with Crippen molar-refractivity contribution in [1.29, 1.82) is 0 Å². The predicted molar refractivity (Wildman–Crippen MR) is 70.6 cm³/mol. The summed E-state index contributed by atoms with van der Waals surface area (Å²) in [4.78, 5) is 2.50. The molecule has 0 atom stereocenters. The lowest BCUT2D eigenvalue weighted by molar-refractivity contribution is 0.232. The molecule has 1 aromatic rings. The zero-order valence-electron chi connectivity index (χ0n) is 11.0. The number of nitrogens with one attached hydrogen (secondary N) is 1. The molecule has 1 N–H and O–H groups in total. The van der Waals surface area contributed by atoms with Gasteiger partial charge in [-0.15, -0.1) is 0 Å². The maximum absolute atomic E-state index is 5.35. The maximum atomic E-state index is 5.35. The average Bonchev–Trinajstić information content (AvgIpc) is 2.37. The summed E-state index contributed by atoms with van der Waals surface area (Å²) >= 11 is 0. The highest BCUT2D eigenvalue weighted by Crippen LogP contribution is 2.24. The summed E-state index contributed by atoms with van der Waals surface area (Å²) in [5.41, 5.74) is 4.05. The lowest BCUT2D eigenvalue weighted by Gasteiger charge is -2.28. The minimum atomic E-state index is 0.992. The number of rotatable bonds is 3. The zero-order valence-corrected chi connectivity index (χ0v) is 11.0. The third-order valence-corrected chi connectivity index (χ3v) is 3.67. The Morgan fingerprint density at radius 1 is 1.18 bits per heavy atom. The Balaban J connectivity index is 2.12. The second kappa shape index (κ2) is 5.52. The van der Waals surface area contributed by atoms with E-state index >= 15 is 0 Å². The first kappa shape index (κ1) is 12.4. The van der Waals surface area contributed by atoms with Crippen LogP contribution in [0.3, 0.4) is 0 Å². The van der Waals surface area contributed by atoms with Crippen LogP contribution in [0, 0.1) is 13.8 Å². The van der Waals surface area contributed by atoms with E-state index in [2.05, 4.69) is 36.2 Å². The molecular formula is C14H22N2O. The van der Waals surface area contributed by atoms with E-state index in [0.29, 0.717) is 0 Å². The van der Waals surface area contributed by atoms with E-state index in [1.165, 1.54) is 16.7 Å². The lowest BCUT2D eigenvalue weighted by atomic mass is 10.0. The van der Waals surface area contributed by atoms with Gasteiger partial charge in [-0.1, -0.05) is 6.07 Å². The molecule has 0 amide bonds. The highest BCUT2D eigenvalue weighted by atomic mass is 16.5. The number of hydrogen-bond acceptors (Lipinski definition) is 3.